The number of hydroxylamine groups is 1. The molecule has 6 nitrogen and oxygen atoms in total. The van der Waals surface area contributed by atoms with Crippen molar-refractivity contribution in [2.45, 2.75) is 58.2 Å². The van der Waals surface area contributed by atoms with E-state index >= 15 is 0 Å². The van der Waals surface area contributed by atoms with Crippen molar-refractivity contribution >= 4 is 46.3 Å². The number of hydrogen-bond acceptors (Lipinski definition) is 6. The number of nitrogens with zero attached hydrogens (tertiary/aromatic N) is 2. The lowest BCUT2D eigenvalue weighted by Gasteiger charge is -2.30. The third-order valence-electron chi connectivity index (χ3n) is 5.50. The minimum absolute atomic E-state index is 0.0735. The fourth-order valence-corrected chi connectivity index (χ4v) is 5.57. The van der Waals surface area contributed by atoms with E-state index in [9.17, 15) is 18.0 Å². The fourth-order valence-electron chi connectivity index (χ4n) is 3.82. The van der Waals surface area contributed by atoms with Crippen LogP contribution in [0.1, 0.15) is 51.5 Å². The molecule has 1 aromatic carbocycles. The lowest BCUT2D eigenvalue weighted by atomic mass is 9.89. The summed E-state index contributed by atoms with van der Waals surface area (Å²) in [5.74, 6) is -0.178. The number of thiophene rings is 1. The first-order chi connectivity index (χ1) is 15.4. The summed E-state index contributed by atoms with van der Waals surface area (Å²) >= 11 is 13.2. The van der Waals surface area contributed by atoms with E-state index in [1.54, 1.807) is 18.7 Å². The van der Waals surface area contributed by atoms with Crippen molar-refractivity contribution in [3.63, 3.8) is 0 Å². The Hall–Kier alpha value is -2.01. The molecule has 4 rings (SSSR count). The number of amides is 1. The van der Waals surface area contributed by atoms with Gasteiger partial charge in [-0.2, -0.15) is 13.2 Å². The van der Waals surface area contributed by atoms with Crippen molar-refractivity contribution in [1.29, 1.82) is 0 Å². The summed E-state index contributed by atoms with van der Waals surface area (Å²) in [4.78, 5) is 25.8. The quantitative estimate of drug-likeness (QED) is 0.505. The first-order valence-corrected chi connectivity index (χ1v) is 11.6. The smallest absolute Gasteiger partial charge is 0.372 e. The number of benzene rings is 1. The van der Waals surface area contributed by atoms with Gasteiger partial charge in [-0.3, -0.25) is 9.63 Å². The van der Waals surface area contributed by atoms with E-state index in [-0.39, 0.29) is 33.5 Å². The summed E-state index contributed by atoms with van der Waals surface area (Å²) < 4.78 is 42.6. The van der Waals surface area contributed by atoms with Crippen LogP contribution in [0.4, 0.5) is 13.2 Å². The molecule has 0 fully saturated rings. The second-order valence-corrected chi connectivity index (χ2v) is 10.1. The number of rotatable bonds is 4. The van der Waals surface area contributed by atoms with E-state index in [0.29, 0.717) is 18.0 Å². The maximum absolute atomic E-state index is 14.2. The number of carbonyl (C=O) groups excluding carboxylic acids is 1. The highest BCUT2D eigenvalue weighted by Gasteiger charge is 2.63. The molecule has 0 saturated heterocycles. The molecule has 1 unspecified atom stereocenters. The molecule has 1 N–H and O–H groups in total. The van der Waals surface area contributed by atoms with E-state index in [1.165, 1.54) is 29.5 Å². The third-order valence-corrected chi connectivity index (χ3v) is 7.25. The van der Waals surface area contributed by atoms with Crippen molar-refractivity contribution in [3.8, 4) is 0 Å². The summed E-state index contributed by atoms with van der Waals surface area (Å²) in [5.41, 5.74) is 1.19. The predicted octanol–water partition coefficient (Wildman–Crippen LogP) is 5.94. The molecule has 33 heavy (non-hydrogen) atoms. The minimum Gasteiger partial charge on any atom is -0.372 e. The summed E-state index contributed by atoms with van der Waals surface area (Å²) in [6, 6.07) is 3.73. The molecule has 2 aromatic rings. The van der Waals surface area contributed by atoms with E-state index in [1.807, 2.05) is 6.92 Å². The molecule has 1 amide bonds. The van der Waals surface area contributed by atoms with Crippen LogP contribution < -0.4 is 5.48 Å². The topological polar surface area (TPSA) is 63.2 Å². The van der Waals surface area contributed by atoms with Gasteiger partial charge in [-0.1, -0.05) is 28.4 Å². The van der Waals surface area contributed by atoms with Crippen molar-refractivity contribution in [2.75, 3.05) is 0 Å². The Kier molecular flexibility index (Phi) is 6.32. The van der Waals surface area contributed by atoms with E-state index in [2.05, 4.69) is 10.6 Å². The predicted molar refractivity (Wildman–Crippen MR) is 119 cm³/mol. The van der Waals surface area contributed by atoms with Gasteiger partial charge in [0.2, 0.25) is 0 Å². The van der Waals surface area contributed by atoms with Crippen molar-refractivity contribution in [3.05, 3.63) is 54.7 Å². The molecule has 3 heterocycles. The Morgan fingerprint density at radius 3 is 2.52 bits per heavy atom. The number of halogens is 5. The Morgan fingerprint density at radius 1 is 1.27 bits per heavy atom. The van der Waals surface area contributed by atoms with Crippen LogP contribution in [0.3, 0.4) is 0 Å². The lowest BCUT2D eigenvalue weighted by molar-refractivity contribution is -0.275. The Morgan fingerprint density at radius 2 is 1.94 bits per heavy atom. The van der Waals surface area contributed by atoms with Gasteiger partial charge in [0, 0.05) is 27.0 Å². The fraction of sp³-hybridized carbons (Fsp3) is 0.429. The molecule has 0 saturated carbocycles. The summed E-state index contributed by atoms with van der Waals surface area (Å²) in [5, 5.41) is 3.96. The zero-order valence-electron chi connectivity index (χ0n) is 17.8. The monoisotopic (exact) mass is 521 g/mol. The van der Waals surface area contributed by atoms with Gasteiger partial charge >= 0.3 is 6.18 Å². The van der Waals surface area contributed by atoms with E-state index in [0.717, 1.165) is 16.0 Å². The first-order valence-electron chi connectivity index (χ1n) is 10.0. The molecule has 2 aliphatic rings. The normalized spacial score (nSPS) is 20.2. The number of nitrogens with one attached hydrogen (secondary N) is 1. The zero-order chi connectivity index (χ0) is 24.1. The molecule has 0 spiro atoms. The van der Waals surface area contributed by atoms with Crippen LogP contribution in [0.5, 0.6) is 0 Å². The van der Waals surface area contributed by atoms with Gasteiger partial charge in [0.25, 0.3) is 11.5 Å². The van der Waals surface area contributed by atoms with Gasteiger partial charge in [-0.25, -0.2) is 5.48 Å². The zero-order valence-corrected chi connectivity index (χ0v) is 20.2. The Labute approximate surface area is 202 Å². The molecule has 2 aliphatic heterocycles. The number of oxime groups is 1. The van der Waals surface area contributed by atoms with Crippen LogP contribution in [0, 0.1) is 6.92 Å². The van der Waals surface area contributed by atoms with Gasteiger partial charge in [0.05, 0.1) is 23.9 Å². The van der Waals surface area contributed by atoms with Crippen LogP contribution in [-0.4, -0.2) is 28.9 Å². The highest BCUT2D eigenvalue weighted by molar-refractivity contribution is 7.14. The van der Waals surface area contributed by atoms with Gasteiger partial charge in [0.15, 0.2) is 0 Å². The Bertz CT molecular complexity index is 1120. The van der Waals surface area contributed by atoms with Crippen molar-refractivity contribution in [2.24, 2.45) is 5.16 Å². The van der Waals surface area contributed by atoms with Crippen molar-refractivity contribution < 1.29 is 27.6 Å². The standard InChI is InChI=1S/C21H20Cl2F3N3O3S/c1-10(2)31-28-19(30)18-11(3)15-8-29(9-16(15)33-18)17-7-20(32-27-17,21(24,25)26)12-4-13(22)6-14(23)5-12/h4-6,10H,7-9H2,1-3H3,(H,28,30). The molecule has 0 aliphatic carbocycles. The van der Waals surface area contributed by atoms with Crippen LogP contribution in [0.2, 0.25) is 10.0 Å². The highest BCUT2D eigenvalue weighted by atomic mass is 35.5. The molecule has 12 heteroatoms. The maximum Gasteiger partial charge on any atom is 0.435 e. The molecule has 0 bridgehead atoms. The minimum atomic E-state index is -4.76. The maximum atomic E-state index is 14.2. The molecular weight excluding hydrogens is 502 g/mol. The van der Waals surface area contributed by atoms with Gasteiger partial charge in [0.1, 0.15) is 5.84 Å². The van der Waals surface area contributed by atoms with Gasteiger partial charge < -0.3 is 9.74 Å². The first kappa shape index (κ1) is 24.1. The lowest BCUT2D eigenvalue weighted by Crippen LogP contribution is -2.43. The average molecular weight is 522 g/mol. The summed E-state index contributed by atoms with van der Waals surface area (Å²) in [6.45, 7) is 6.04. The molecule has 1 aromatic heterocycles. The van der Waals surface area contributed by atoms with E-state index in [4.69, 9.17) is 32.9 Å². The number of carbonyl (C=O) groups is 1. The number of amidine groups is 1. The molecule has 178 valence electrons. The molecular formula is C21H20Cl2F3N3O3S. The van der Waals surface area contributed by atoms with Crippen LogP contribution in [0.25, 0.3) is 0 Å². The van der Waals surface area contributed by atoms with Crippen LogP contribution in [0.15, 0.2) is 23.4 Å². The number of alkyl halides is 3. The average Bonchev–Trinajstić information content (AvgIpc) is 3.39. The highest BCUT2D eigenvalue weighted by Crippen LogP contribution is 2.50. The third kappa shape index (κ3) is 4.41. The number of fused-ring (bicyclic) bond motifs is 1. The summed E-state index contributed by atoms with van der Waals surface area (Å²) in [6.07, 6.45) is -5.44. The molecule has 1 atom stereocenters. The Balaban J connectivity index is 1.54. The van der Waals surface area contributed by atoms with Gasteiger partial charge in [-0.15, -0.1) is 11.3 Å². The largest absolute Gasteiger partial charge is 0.435 e. The number of hydrogen-bond donors (Lipinski definition) is 1. The van der Waals surface area contributed by atoms with Crippen molar-refractivity contribution in [1.82, 2.24) is 10.4 Å². The summed E-state index contributed by atoms with van der Waals surface area (Å²) in [7, 11) is 0. The van der Waals surface area contributed by atoms with Crippen LogP contribution >= 0.6 is 34.5 Å². The second kappa shape index (κ2) is 8.65. The molecule has 0 radical (unpaired) electrons. The second-order valence-electron chi connectivity index (χ2n) is 8.17. The van der Waals surface area contributed by atoms with Gasteiger partial charge in [-0.05, 0) is 50.1 Å². The van der Waals surface area contributed by atoms with Crippen LogP contribution in [-0.2, 0) is 28.4 Å². The SMILES string of the molecule is Cc1c(C(=O)NOC(C)C)sc2c1CN(C1=NOC(c3cc(Cl)cc(Cl)c3)(C(F)(F)F)C1)C2. The van der Waals surface area contributed by atoms with E-state index < -0.39 is 18.2 Å².